The van der Waals surface area contributed by atoms with Crippen molar-refractivity contribution in [1.29, 1.82) is 0 Å². The molecule has 0 radical (unpaired) electrons. The van der Waals surface area contributed by atoms with Gasteiger partial charge in [-0.2, -0.15) is 5.10 Å². The number of nitrogens with one attached hydrogen (secondary N) is 2. The molecule has 0 saturated carbocycles. The first-order chi connectivity index (χ1) is 13.4. The van der Waals surface area contributed by atoms with Gasteiger partial charge in [0.15, 0.2) is 5.82 Å². The first kappa shape index (κ1) is 17.6. The Labute approximate surface area is 163 Å². The van der Waals surface area contributed by atoms with E-state index < -0.39 is 0 Å². The summed E-state index contributed by atoms with van der Waals surface area (Å²) in [5.74, 6) is 8.47. The molecule has 0 atom stereocenters. The first-order valence-electron chi connectivity index (χ1n) is 8.94. The van der Waals surface area contributed by atoms with E-state index in [2.05, 4.69) is 58.2 Å². The van der Waals surface area contributed by atoms with Crippen LogP contribution in [0, 0.1) is 17.3 Å². The van der Waals surface area contributed by atoms with Crippen LogP contribution in [0.4, 0.5) is 17.5 Å². The molecule has 7 nitrogen and oxygen atoms in total. The molecule has 3 heterocycles. The molecule has 28 heavy (non-hydrogen) atoms. The molecule has 0 saturated heterocycles. The number of fused-ring (bicyclic) bond motifs is 1. The van der Waals surface area contributed by atoms with Gasteiger partial charge in [-0.15, -0.1) is 5.10 Å². The number of nitrogen functional groups attached to an aromatic ring is 1. The standard InChI is InChI=1S/C21H21N7/c1-21(2,3)10-7-14-5-4-6-16-19(14)28(27-20(16)22)15-8-11-23-18(13-15)25-17-9-12-24-26-17/h4-6,8-9,11-13H,1-3H3,(H2,22,27)(H2,23,24,25,26). The number of rotatable bonds is 3. The van der Waals surface area contributed by atoms with Crippen LogP contribution < -0.4 is 11.1 Å². The number of hydrogen-bond donors (Lipinski definition) is 3. The van der Waals surface area contributed by atoms with E-state index in [9.17, 15) is 0 Å². The summed E-state index contributed by atoms with van der Waals surface area (Å²) in [6.07, 6.45) is 3.40. The number of nitrogens with zero attached hydrogens (tertiary/aromatic N) is 4. The second kappa shape index (κ2) is 6.74. The van der Waals surface area contributed by atoms with Gasteiger partial charge in [0.2, 0.25) is 0 Å². The topological polar surface area (TPSA) is 97.4 Å². The first-order valence-corrected chi connectivity index (χ1v) is 8.94. The van der Waals surface area contributed by atoms with Gasteiger partial charge >= 0.3 is 0 Å². The fourth-order valence-electron chi connectivity index (χ4n) is 2.82. The summed E-state index contributed by atoms with van der Waals surface area (Å²) < 4.78 is 1.82. The van der Waals surface area contributed by atoms with Crippen LogP contribution in [-0.2, 0) is 0 Å². The summed E-state index contributed by atoms with van der Waals surface area (Å²) in [6, 6.07) is 11.5. The summed E-state index contributed by atoms with van der Waals surface area (Å²) in [5, 5.41) is 15.4. The molecular weight excluding hydrogens is 350 g/mol. The van der Waals surface area contributed by atoms with E-state index in [0.717, 1.165) is 28.0 Å². The Morgan fingerprint density at radius 2 is 2.00 bits per heavy atom. The van der Waals surface area contributed by atoms with E-state index >= 15 is 0 Å². The van der Waals surface area contributed by atoms with Crippen LogP contribution in [0.15, 0.2) is 48.8 Å². The number of aromatic amines is 1. The smallest absolute Gasteiger partial charge is 0.153 e. The molecule has 4 aromatic rings. The van der Waals surface area contributed by atoms with Crippen molar-refractivity contribution in [2.24, 2.45) is 5.41 Å². The van der Waals surface area contributed by atoms with Crippen LogP contribution in [0.25, 0.3) is 16.6 Å². The second-order valence-electron chi connectivity index (χ2n) is 7.49. The monoisotopic (exact) mass is 371 g/mol. The van der Waals surface area contributed by atoms with Gasteiger partial charge in [-0.3, -0.25) is 5.10 Å². The fourth-order valence-corrected chi connectivity index (χ4v) is 2.82. The molecular formula is C21H21N7. The SMILES string of the molecule is CC(C)(C)C#Cc1cccc2c(N)nn(-c3ccnc(Nc4ccn[nH]4)c3)c12. The number of hydrogen-bond acceptors (Lipinski definition) is 5. The highest BCUT2D eigenvalue weighted by molar-refractivity contribution is 5.94. The Bertz CT molecular complexity index is 1190. The third-order valence-corrected chi connectivity index (χ3v) is 4.06. The maximum Gasteiger partial charge on any atom is 0.153 e. The Kier molecular flexibility index (Phi) is 4.24. The second-order valence-corrected chi connectivity index (χ2v) is 7.49. The van der Waals surface area contributed by atoms with Gasteiger partial charge < -0.3 is 11.1 Å². The molecule has 0 bridgehead atoms. The predicted molar refractivity (Wildman–Crippen MR) is 111 cm³/mol. The van der Waals surface area contributed by atoms with Gasteiger partial charge in [0.25, 0.3) is 0 Å². The Morgan fingerprint density at radius 1 is 1.14 bits per heavy atom. The molecule has 140 valence electrons. The fraction of sp³-hybridized carbons (Fsp3) is 0.190. The Hall–Kier alpha value is -3.79. The maximum atomic E-state index is 6.19. The van der Waals surface area contributed by atoms with E-state index in [0.29, 0.717) is 11.6 Å². The summed E-state index contributed by atoms with van der Waals surface area (Å²) in [7, 11) is 0. The normalized spacial score (nSPS) is 11.2. The van der Waals surface area contributed by atoms with Crippen molar-refractivity contribution in [3.05, 3.63) is 54.4 Å². The van der Waals surface area contributed by atoms with Crippen LogP contribution in [-0.4, -0.2) is 25.0 Å². The molecule has 0 aliphatic rings. The van der Waals surface area contributed by atoms with Gasteiger partial charge in [0.05, 0.1) is 23.0 Å². The van der Waals surface area contributed by atoms with E-state index in [1.807, 2.05) is 41.1 Å². The third kappa shape index (κ3) is 3.53. The van der Waals surface area contributed by atoms with Gasteiger partial charge in [-0.1, -0.05) is 17.9 Å². The van der Waals surface area contributed by atoms with Gasteiger partial charge in [0.1, 0.15) is 11.6 Å². The van der Waals surface area contributed by atoms with Crippen LogP contribution in [0.5, 0.6) is 0 Å². The van der Waals surface area contributed by atoms with E-state index in [1.165, 1.54) is 0 Å². The molecule has 4 N–H and O–H groups in total. The summed E-state index contributed by atoms with van der Waals surface area (Å²) >= 11 is 0. The Balaban J connectivity index is 1.84. The zero-order valence-electron chi connectivity index (χ0n) is 16.0. The number of benzene rings is 1. The average Bonchev–Trinajstić information content (AvgIpc) is 3.28. The summed E-state index contributed by atoms with van der Waals surface area (Å²) in [5.41, 5.74) is 8.69. The number of para-hydroxylation sites is 1. The molecule has 0 spiro atoms. The van der Waals surface area contributed by atoms with Crippen molar-refractivity contribution in [3.63, 3.8) is 0 Å². The molecule has 0 unspecified atom stereocenters. The number of aromatic nitrogens is 5. The lowest BCUT2D eigenvalue weighted by Crippen LogP contribution is -2.02. The summed E-state index contributed by atoms with van der Waals surface area (Å²) in [4.78, 5) is 4.36. The van der Waals surface area contributed by atoms with E-state index in [-0.39, 0.29) is 5.41 Å². The highest BCUT2D eigenvalue weighted by Gasteiger charge is 2.14. The van der Waals surface area contributed by atoms with Crippen molar-refractivity contribution in [3.8, 4) is 17.5 Å². The van der Waals surface area contributed by atoms with E-state index in [4.69, 9.17) is 5.73 Å². The van der Waals surface area contributed by atoms with Crippen molar-refractivity contribution >= 4 is 28.4 Å². The lowest BCUT2D eigenvalue weighted by molar-refractivity contribution is 0.571. The molecule has 3 aromatic heterocycles. The third-order valence-electron chi connectivity index (χ3n) is 4.06. The van der Waals surface area contributed by atoms with Gasteiger partial charge in [-0.25, -0.2) is 9.67 Å². The lowest BCUT2D eigenvalue weighted by atomic mass is 9.97. The minimum absolute atomic E-state index is 0.101. The molecule has 0 amide bonds. The molecule has 0 fully saturated rings. The largest absolute Gasteiger partial charge is 0.382 e. The molecule has 4 rings (SSSR count). The van der Waals surface area contributed by atoms with E-state index in [1.54, 1.807) is 12.4 Å². The highest BCUT2D eigenvalue weighted by atomic mass is 15.3. The Morgan fingerprint density at radius 3 is 2.75 bits per heavy atom. The lowest BCUT2D eigenvalue weighted by Gasteiger charge is -2.09. The van der Waals surface area contributed by atoms with Crippen molar-refractivity contribution in [2.45, 2.75) is 20.8 Å². The van der Waals surface area contributed by atoms with Crippen LogP contribution in [0.3, 0.4) is 0 Å². The number of nitrogens with two attached hydrogens (primary N) is 1. The maximum absolute atomic E-state index is 6.19. The molecule has 0 aliphatic heterocycles. The van der Waals surface area contributed by atoms with Crippen molar-refractivity contribution < 1.29 is 0 Å². The number of anilines is 3. The predicted octanol–water partition coefficient (Wildman–Crippen LogP) is 3.87. The highest BCUT2D eigenvalue weighted by Crippen LogP contribution is 2.27. The molecule has 7 heteroatoms. The van der Waals surface area contributed by atoms with Gasteiger partial charge in [-0.05, 0) is 39.0 Å². The summed E-state index contributed by atoms with van der Waals surface area (Å²) in [6.45, 7) is 6.26. The minimum Gasteiger partial charge on any atom is -0.382 e. The van der Waals surface area contributed by atoms with Crippen LogP contribution >= 0.6 is 0 Å². The zero-order valence-corrected chi connectivity index (χ0v) is 16.0. The van der Waals surface area contributed by atoms with Crippen molar-refractivity contribution in [2.75, 3.05) is 11.1 Å². The number of pyridine rings is 1. The molecule has 1 aromatic carbocycles. The average molecular weight is 371 g/mol. The minimum atomic E-state index is -0.101. The molecule has 0 aliphatic carbocycles. The van der Waals surface area contributed by atoms with Gasteiger partial charge in [0, 0.05) is 29.1 Å². The van der Waals surface area contributed by atoms with Crippen LogP contribution in [0.1, 0.15) is 26.3 Å². The quantitative estimate of drug-likeness (QED) is 0.475. The van der Waals surface area contributed by atoms with Crippen LogP contribution in [0.2, 0.25) is 0 Å². The zero-order chi connectivity index (χ0) is 19.7. The van der Waals surface area contributed by atoms with Crippen molar-refractivity contribution in [1.82, 2.24) is 25.0 Å². The number of H-pyrrole nitrogens is 1.